The molecule has 2 aromatic carbocycles. The van der Waals surface area contributed by atoms with Crippen molar-refractivity contribution in [3.63, 3.8) is 0 Å². The fraction of sp³-hybridized carbons (Fsp3) is 0.385. The molecule has 178 valence electrons. The van der Waals surface area contributed by atoms with E-state index in [9.17, 15) is 9.59 Å². The van der Waals surface area contributed by atoms with E-state index in [4.69, 9.17) is 0 Å². The van der Waals surface area contributed by atoms with Gasteiger partial charge in [0.25, 0.3) is 5.91 Å². The maximum atomic E-state index is 12.9. The second-order valence-corrected chi connectivity index (χ2v) is 10.7. The van der Waals surface area contributed by atoms with Crippen molar-refractivity contribution in [2.45, 2.75) is 33.1 Å². The van der Waals surface area contributed by atoms with Crippen molar-refractivity contribution >= 4 is 28.3 Å². The van der Waals surface area contributed by atoms with E-state index in [0.29, 0.717) is 36.9 Å². The van der Waals surface area contributed by atoms with E-state index in [0.717, 1.165) is 16.1 Å². The molecule has 0 radical (unpaired) electrons. The molecule has 1 aromatic heterocycles. The minimum absolute atomic E-state index is 0.0436. The molecule has 0 spiro atoms. The van der Waals surface area contributed by atoms with E-state index in [-0.39, 0.29) is 23.8 Å². The van der Waals surface area contributed by atoms with E-state index in [2.05, 4.69) is 41.2 Å². The van der Waals surface area contributed by atoms with E-state index in [1.807, 2.05) is 60.4 Å². The van der Waals surface area contributed by atoms with Gasteiger partial charge < -0.3 is 4.90 Å². The van der Waals surface area contributed by atoms with Gasteiger partial charge in [0.1, 0.15) is 5.01 Å². The van der Waals surface area contributed by atoms with E-state index in [1.54, 1.807) is 0 Å². The quantitative estimate of drug-likeness (QED) is 0.596. The smallest absolute Gasteiger partial charge is 0.253 e. The Morgan fingerprint density at radius 1 is 1.00 bits per heavy atom. The van der Waals surface area contributed by atoms with Gasteiger partial charge in [0.05, 0.1) is 6.54 Å². The maximum Gasteiger partial charge on any atom is 0.253 e. The molecular formula is C26H31N5O2S. The van der Waals surface area contributed by atoms with Crippen LogP contribution in [0.4, 0.5) is 5.13 Å². The lowest BCUT2D eigenvalue weighted by molar-refractivity contribution is -0.117. The van der Waals surface area contributed by atoms with Crippen LogP contribution in [0.3, 0.4) is 0 Å². The Balaban J connectivity index is 1.26. The lowest BCUT2D eigenvalue weighted by Crippen LogP contribution is -2.50. The third kappa shape index (κ3) is 5.87. The highest BCUT2D eigenvalue weighted by Gasteiger charge is 2.24. The molecule has 0 atom stereocenters. The van der Waals surface area contributed by atoms with Gasteiger partial charge in [-0.1, -0.05) is 68.0 Å². The molecule has 8 heteroatoms. The Bertz CT molecular complexity index is 1160. The Hall–Kier alpha value is -3.10. The van der Waals surface area contributed by atoms with E-state index in [1.165, 1.54) is 16.9 Å². The van der Waals surface area contributed by atoms with Crippen molar-refractivity contribution < 1.29 is 9.59 Å². The number of amides is 2. The summed E-state index contributed by atoms with van der Waals surface area (Å²) in [6.45, 7) is 11.3. The predicted molar refractivity (Wildman–Crippen MR) is 136 cm³/mol. The average molecular weight is 478 g/mol. The standard InChI is InChI=1S/C26H31N5O2S/c1-18-6-5-7-20(16-18)23-28-29-25(34-23)27-22(32)17-30-12-14-31(15-13-30)24(33)19-8-10-21(11-9-19)26(2,3)4/h5-11,16H,12-15,17H2,1-4H3,(H,27,29,32). The molecule has 7 nitrogen and oxygen atoms in total. The minimum Gasteiger partial charge on any atom is -0.336 e. The number of hydrogen-bond donors (Lipinski definition) is 1. The van der Waals surface area contributed by atoms with Crippen molar-refractivity contribution in [2.75, 3.05) is 38.0 Å². The maximum absolute atomic E-state index is 12.9. The number of aryl methyl sites for hydroxylation is 1. The zero-order chi connectivity index (χ0) is 24.3. The first-order chi connectivity index (χ1) is 16.2. The Kier molecular flexibility index (Phi) is 7.09. The largest absolute Gasteiger partial charge is 0.336 e. The molecule has 3 aromatic rings. The number of benzene rings is 2. The number of nitrogens with zero attached hydrogens (tertiary/aromatic N) is 4. The molecule has 0 unspecified atom stereocenters. The van der Waals surface area contributed by atoms with Crippen LogP contribution in [0.5, 0.6) is 0 Å². The number of carbonyl (C=O) groups excluding carboxylic acids is 2. The first kappa shape index (κ1) is 24.0. The number of piperazine rings is 1. The zero-order valence-corrected chi connectivity index (χ0v) is 21.0. The summed E-state index contributed by atoms with van der Waals surface area (Å²) in [4.78, 5) is 29.3. The van der Waals surface area contributed by atoms with E-state index >= 15 is 0 Å². The molecule has 1 fully saturated rings. The highest BCUT2D eigenvalue weighted by Crippen LogP contribution is 2.27. The lowest BCUT2D eigenvalue weighted by Gasteiger charge is -2.34. The van der Waals surface area contributed by atoms with Gasteiger partial charge in [-0.3, -0.25) is 19.8 Å². The van der Waals surface area contributed by atoms with Crippen LogP contribution in [0.2, 0.25) is 0 Å². The second-order valence-electron chi connectivity index (χ2n) is 9.73. The Morgan fingerprint density at radius 3 is 2.35 bits per heavy atom. The Labute approximate surface area is 204 Å². The molecule has 1 aliphatic heterocycles. The summed E-state index contributed by atoms with van der Waals surface area (Å²) in [6, 6.07) is 15.9. The summed E-state index contributed by atoms with van der Waals surface area (Å²) in [6.07, 6.45) is 0. The molecule has 1 aliphatic rings. The normalized spacial score (nSPS) is 14.8. The molecule has 0 aliphatic carbocycles. The summed E-state index contributed by atoms with van der Waals surface area (Å²) in [5, 5.41) is 12.4. The molecule has 2 heterocycles. The van der Waals surface area contributed by atoms with Gasteiger partial charge in [-0.2, -0.15) is 0 Å². The number of aromatic nitrogens is 2. The average Bonchev–Trinajstić information content (AvgIpc) is 3.27. The van der Waals surface area contributed by atoms with Crippen LogP contribution >= 0.6 is 11.3 Å². The van der Waals surface area contributed by atoms with Crippen LogP contribution in [0.25, 0.3) is 10.6 Å². The van der Waals surface area contributed by atoms with Gasteiger partial charge >= 0.3 is 0 Å². The fourth-order valence-electron chi connectivity index (χ4n) is 3.93. The Morgan fingerprint density at radius 2 is 1.71 bits per heavy atom. The van der Waals surface area contributed by atoms with Crippen LogP contribution in [-0.4, -0.2) is 64.5 Å². The van der Waals surface area contributed by atoms with Crippen molar-refractivity contribution in [2.24, 2.45) is 0 Å². The zero-order valence-electron chi connectivity index (χ0n) is 20.2. The molecule has 34 heavy (non-hydrogen) atoms. The van der Waals surface area contributed by atoms with Crippen molar-refractivity contribution in [1.29, 1.82) is 0 Å². The number of anilines is 1. The summed E-state index contributed by atoms with van der Waals surface area (Å²) in [7, 11) is 0. The summed E-state index contributed by atoms with van der Waals surface area (Å²) in [5.74, 6) is -0.0772. The minimum atomic E-state index is -0.121. The summed E-state index contributed by atoms with van der Waals surface area (Å²) < 4.78 is 0. The number of hydrogen-bond acceptors (Lipinski definition) is 6. The molecular weight excluding hydrogens is 446 g/mol. The van der Waals surface area contributed by atoms with Crippen LogP contribution in [0.1, 0.15) is 42.3 Å². The van der Waals surface area contributed by atoms with Crippen LogP contribution in [-0.2, 0) is 10.2 Å². The van der Waals surface area contributed by atoms with Gasteiger partial charge in [0, 0.05) is 37.3 Å². The van der Waals surface area contributed by atoms with Crippen LogP contribution in [0.15, 0.2) is 48.5 Å². The molecule has 1 N–H and O–H groups in total. The molecule has 0 saturated carbocycles. The van der Waals surface area contributed by atoms with Gasteiger partial charge in [0.15, 0.2) is 0 Å². The van der Waals surface area contributed by atoms with Crippen molar-refractivity contribution in [1.82, 2.24) is 20.0 Å². The SMILES string of the molecule is Cc1cccc(-c2nnc(NC(=O)CN3CCN(C(=O)c4ccc(C(C)(C)C)cc4)CC3)s2)c1. The predicted octanol–water partition coefficient (Wildman–Crippen LogP) is 4.21. The van der Waals surface area contributed by atoms with Crippen molar-refractivity contribution in [3.8, 4) is 10.6 Å². The molecule has 2 amide bonds. The molecule has 0 bridgehead atoms. The molecule has 4 rings (SSSR count). The third-order valence-corrected chi connectivity index (χ3v) is 6.85. The topological polar surface area (TPSA) is 78.4 Å². The summed E-state index contributed by atoms with van der Waals surface area (Å²) in [5.41, 5.74) is 4.12. The van der Waals surface area contributed by atoms with Gasteiger partial charge in [-0.15, -0.1) is 10.2 Å². The highest BCUT2D eigenvalue weighted by molar-refractivity contribution is 7.18. The monoisotopic (exact) mass is 477 g/mol. The van der Waals surface area contributed by atoms with Gasteiger partial charge in [-0.05, 0) is 36.1 Å². The number of carbonyl (C=O) groups is 2. The first-order valence-electron chi connectivity index (χ1n) is 11.5. The summed E-state index contributed by atoms with van der Waals surface area (Å²) >= 11 is 1.36. The number of rotatable bonds is 5. The van der Waals surface area contributed by atoms with Gasteiger partial charge in [-0.25, -0.2) is 0 Å². The fourth-order valence-corrected chi connectivity index (χ4v) is 4.69. The van der Waals surface area contributed by atoms with Crippen LogP contribution < -0.4 is 5.32 Å². The van der Waals surface area contributed by atoms with E-state index < -0.39 is 0 Å². The number of nitrogens with one attached hydrogen (secondary N) is 1. The van der Waals surface area contributed by atoms with Crippen molar-refractivity contribution in [3.05, 3.63) is 65.2 Å². The third-order valence-electron chi connectivity index (χ3n) is 5.96. The van der Waals surface area contributed by atoms with Crippen LogP contribution in [0, 0.1) is 6.92 Å². The lowest BCUT2D eigenvalue weighted by atomic mass is 9.86. The first-order valence-corrected chi connectivity index (χ1v) is 12.3. The highest BCUT2D eigenvalue weighted by atomic mass is 32.1. The molecule has 1 saturated heterocycles. The van der Waals surface area contributed by atoms with Gasteiger partial charge in [0.2, 0.25) is 11.0 Å². The second kappa shape index (κ2) is 10.0.